The van der Waals surface area contributed by atoms with Crippen LogP contribution < -0.4 is 9.80 Å². The van der Waals surface area contributed by atoms with Gasteiger partial charge < -0.3 is 18.6 Å². The third kappa shape index (κ3) is 5.77. The Morgan fingerprint density at radius 2 is 0.957 bits per heavy atom. The van der Waals surface area contributed by atoms with E-state index >= 15 is 0 Å². The van der Waals surface area contributed by atoms with Gasteiger partial charge >= 0.3 is 0 Å². The predicted octanol–water partition coefficient (Wildman–Crippen LogP) is 18.8. The lowest BCUT2D eigenvalue weighted by atomic mass is 9.98. The van der Waals surface area contributed by atoms with Crippen molar-refractivity contribution in [1.82, 2.24) is 4.40 Å². The van der Waals surface area contributed by atoms with Crippen LogP contribution in [0.4, 0.5) is 34.1 Å². The number of rotatable bonds is 7. The van der Waals surface area contributed by atoms with Crippen molar-refractivity contribution in [3.63, 3.8) is 0 Å². The summed E-state index contributed by atoms with van der Waals surface area (Å²) >= 11 is 0. The van der Waals surface area contributed by atoms with E-state index in [0.717, 1.165) is 56.1 Å². The van der Waals surface area contributed by atoms with Crippen LogP contribution in [0, 0.1) is 0 Å². The summed E-state index contributed by atoms with van der Waals surface area (Å²) in [4.78, 5) is 4.79. The molecule has 0 spiro atoms. The number of nitrogens with zero attached hydrogens (tertiary/aromatic N) is 3. The molecule has 0 saturated heterocycles. The molecular weight excluding hydrogens is 851 g/mol. The molecule has 0 amide bonds. The first-order valence-corrected chi connectivity index (χ1v) is 24.0. The monoisotopic (exact) mass is 891 g/mol. The number of hydrogen-bond acceptors (Lipinski definition) is 3. The van der Waals surface area contributed by atoms with Crippen molar-refractivity contribution in [1.29, 1.82) is 0 Å². The minimum absolute atomic E-state index is 0.856. The number of fused-ring (bicyclic) bond motifs is 13. The molecule has 0 N–H and O–H groups in total. The molecule has 0 bridgehead atoms. The van der Waals surface area contributed by atoms with Crippen LogP contribution in [0.2, 0.25) is 0 Å². The van der Waals surface area contributed by atoms with Crippen LogP contribution in [0.5, 0.6) is 0 Å². The number of anilines is 6. The molecule has 15 rings (SSSR count). The highest BCUT2D eigenvalue weighted by Gasteiger charge is 2.26. The fraction of sp³-hybridized carbons (Fsp3) is 0. The highest BCUT2D eigenvalue weighted by atomic mass is 16.3. The molecule has 0 unspecified atom stereocenters. The molecule has 0 aliphatic carbocycles. The van der Waals surface area contributed by atoms with Gasteiger partial charge in [-0.1, -0.05) is 152 Å². The highest BCUT2D eigenvalue weighted by molar-refractivity contribution is 6.30. The Morgan fingerprint density at radius 3 is 1.79 bits per heavy atom. The van der Waals surface area contributed by atoms with Gasteiger partial charge in [0, 0.05) is 66.5 Å². The van der Waals surface area contributed by atoms with Gasteiger partial charge in [-0.05, 0) is 129 Å². The Bertz CT molecular complexity index is 4530. The predicted molar refractivity (Wildman–Crippen MR) is 296 cm³/mol. The molecule has 326 valence electrons. The molecule has 4 nitrogen and oxygen atoms in total. The van der Waals surface area contributed by atoms with Gasteiger partial charge in [0.05, 0.1) is 27.9 Å². The van der Waals surface area contributed by atoms with Gasteiger partial charge in [-0.25, -0.2) is 0 Å². The summed E-state index contributed by atoms with van der Waals surface area (Å²) in [6, 6.07) is 90.4. The zero-order chi connectivity index (χ0) is 45.9. The SMILES string of the molecule is c1ccc(-c2ccc3c(c2)c2c(N(c4ccccc4)c4cccc5ccccc45)ccc4c5cc6c(ccc7oc8cc(N(c9ccccc9)c9ccc%10ccccc%10c9)ccc8c76)cc5n3c42)cc1. The topological polar surface area (TPSA) is 24.0 Å². The van der Waals surface area contributed by atoms with Crippen molar-refractivity contribution in [2.75, 3.05) is 9.80 Å². The van der Waals surface area contributed by atoms with Crippen LogP contribution in [-0.4, -0.2) is 4.40 Å². The highest BCUT2D eigenvalue weighted by Crippen LogP contribution is 2.50. The van der Waals surface area contributed by atoms with Gasteiger partial charge in [-0.2, -0.15) is 0 Å². The van der Waals surface area contributed by atoms with Crippen molar-refractivity contribution in [2.45, 2.75) is 0 Å². The van der Waals surface area contributed by atoms with E-state index in [9.17, 15) is 0 Å². The van der Waals surface area contributed by atoms with E-state index in [4.69, 9.17) is 4.42 Å². The number of hydrogen-bond donors (Lipinski definition) is 0. The summed E-state index contributed by atoms with van der Waals surface area (Å²) < 4.78 is 9.36. The largest absolute Gasteiger partial charge is 0.456 e. The van der Waals surface area contributed by atoms with E-state index < -0.39 is 0 Å². The Balaban J connectivity index is 0.974. The van der Waals surface area contributed by atoms with E-state index in [2.05, 4.69) is 263 Å². The summed E-state index contributed by atoms with van der Waals surface area (Å²) in [6.45, 7) is 0. The van der Waals surface area contributed by atoms with Gasteiger partial charge in [0.15, 0.2) is 0 Å². The average Bonchev–Trinajstić information content (AvgIpc) is 4.08. The second kappa shape index (κ2) is 15.1. The van der Waals surface area contributed by atoms with Crippen LogP contribution in [0.15, 0.2) is 253 Å². The molecule has 0 atom stereocenters. The Labute approximate surface area is 403 Å². The van der Waals surface area contributed by atoms with E-state index in [1.54, 1.807) is 0 Å². The number of aromatic nitrogens is 1. The average molecular weight is 892 g/mol. The summed E-state index contributed by atoms with van der Waals surface area (Å²) in [7, 11) is 0. The molecule has 12 aromatic carbocycles. The number of furan rings is 1. The normalized spacial score (nSPS) is 12.0. The molecule has 3 heterocycles. The molecule has 15 aromatic rings. The van der Waals surface area contributed by atoms with Crippen LogP contribution in [0.25, 0.3) is 103 Å². The molecule has 4 heteroatoms. The quantitative estimate of drug-likeness (QED) is 0.159. The van der Waals surface area contributed by atoms with Gasteiger partial charge in [-0.3, -0.25) is 0 Å². The molecule has 3 aromatic heterocycles. The molecule has 0 aliphatic rings. The first-order valence-electron chi connectivity index (χ1n) is 24.0. The maximum atomic E-state index is 6.84. The van der Waals surface area contributed by atoms with Gasteiger partial charge in [0.25, 0.3) is 0 Å². The second-order valence-electron chi connectivity index (χ2n) is 18.5. The lowest BCUT2D eigenvalue weighted by Gasteiger charge is -2.28. The standard InChI is InChI=1S/C66H41N3O/c1-4-15-42(16-5-1)46-28-34-59-57(38-46)65-60(68(49-23-8-3-9-24-49)58-26-14-20-44-18-12-13-25-52(44)58)35-33-53-56-41-55-47(39-61(56)69(59)66(53)65)29-36-62-64(55)54-32-31-51(40-63(54)70-62)67(48-21-6-2-7-22-48)50-30-27-43-17-10-11-19-45(43)37-50/h1-41H. The van der Waals surface area contributed by atoms with E-state index in [1.165, 1.54) is 81.5 Å². The van der Waals surface area contributed by atoms with Crippen LogP contribution >= 0.6 is 0 Å². The minimum Gasteiger partial charge on any atom is -0.456 e. The molecule has 70 heavy (non-hydrogen) atoms. The first-order chi connectivity index (χ1) is 34.7. The zero-order valence-electron chi connectivity index (χ0n) is 37.9. The number of benzene rings is 12. The van der Waals surface area contributed by atoms with Crippen LogP contribution in [-0.2, 0) is 0 Å². The maximum absolute atomic E-state index is 6.84. The van der Waals surface area contributed by atoms with E-state index in [1.807, 2.05) is 0 Å². The van der Waals surface area contributed by atoms with Gasteiger partial charge in [0.1, 0.15) is 11.2 Å². The number of para-hydroxylation sites is 2. The second-order valence-corrected chi connectivity index (χ2v) is 18.5. The third-order valence-corrected chi connectivity index (χ3v) is 14.6. The van der Waals surface area contributed by atoms with Crippen molar-refractivity contribution in [3.8, 4) is 11.1 Å². The molecular formula is C66H41N3O. The van der Waals surface area contributed by atoms with Gasteiger partial charge in [0.2, 0.25) is 0 Å². The Morgan fingerprint density at radius 1 is 0.286 bits per heavy atom. The van der Waals surface area contributed by atoms with Crippen LogP contribution in [0.1, 0.15) is 0 Å². The minimum atomic E-state index is 0.856. The Hall–Kier alpha value is -9.38. The maximum Gasteiger partial charge on any atom is 0.137 e. The molecule has 0 aliphatic heterocycles. The fourth-order valence-corrected chi connectivity index (χ4v) is 11.5. The molecule has 0 radical (unpaired) electrons. The first kappa shape index (κ1) is 38.7. The van der Waals surface area contributed by atoms with Crippen molar-refractivity contribution in [2.24, 2.45) is 0 Å². The summed E-state index contributed by atoms with van der Waals surface area (Å²) in [5.74, 6) is 0. The van der Waals surface area contributed by atoms with Crippen molar-refractivity contribution < 1.29 is 4.42 Å². The third-order valence-electron chi connectivity index (χ3n) is 14.6. The lowest BCUT2D eigenvalue weighted by molar-refractivity contribution is 0.669. The summed E-state index contributed by atoms with van der Waals surface area (Å²) in [5.41, 5.74) is 14.3. The van der Waals surface area contributed by atoms with E-state index in [-0.39, 0.29) is 0 Å². The van der Waals surface area contributed by atoms with Crippen LogP contribution in [0.3, 0.4) is 0 Å². The van der Waals surface area contributed by atoms with E-state index in [0.29, 0.717) is 0 Å². The summed E-state index contributed by atoms with van der Waals surface area (Å²) in [6.07, 6.45) is 0. The smallest absolute Gasteiger partial charge is 0.137 e. The summed E-state index contributed by atoms with van der Waals surface area (Å²) in [5, 5.41) is 14.3. The van der Waals surface area contributed by atoms with Gasteiger partial charge in [-0.15, -0.1) is 0 Å². The van der Waals surface area contributed by atoms with Crippen molar-refractivity contribution >= 4 is 126 Å². The fourth-order valence-electron chi connectivity index (χ4n) is 11.5. The lowest BCUT2D eigenvalue weighted by Crippen LogP contribution is -2.10. The molecule has 0 fully saturated rings. The zero-order valence-corrected chi connectivity index (χ0v) is 37.9. The Kier molecular flexibility index (Phi) is 8.33. The van der Waals surface area contributed by atoms with Crippen molar-refractivity contribution in [3.05, 3.63) is 249 Å². The molecule has 0 saturated carbocycles.